The Labute approximate surface area is 231 Å². The van der Waals surface area contributed by atoms with E-state index in [0.29, 0.717) is 11.1 Å². The van der Waals surface area contributed by atoms with Gasteiger partial charge in [-0.3, -0.25) is 14.4 Å². The standard InChI is InChI=1S/C30H31F2NO7/c1-18(17-24(34)28-29(25(38-4)13-15-33-28)40-26(35)14-16-37-3)30(36)39-19(2)27(20-5-9-22(31)10-6-20)21-7-11-23(32)12-8-21/h5-13,15,18-19,27H,14,16-17H2,1-4H3/t18-,19+/m1/s1. The van der Waals surface area contributed by atoms with Crippen LogP contribution >= 0.6 is 0 Å². The highest BCUT2D eigenvalue weighted by Crippen LogP contribution is 2.33. The van der Waals surface area contributed by atoms with Crippen LogP contribution in [0.4, 0.5) is 8.78 Å². The molecule has 212 valence electrons. The number of halogens is 2. The third-order valence-electron chi connectivity index (χ3n) is 6.20. The summed E-state index contributed by atoms with van der Waals surface area (Å²) in [6.07, 6.45) is 0.255. The van der Waals surface area contributed by atoms with Gasteiger partial charge in [0.25, 0.3) is 0 Å². The second-order valence-corrected chi connectivity index (χ2v) is 9.16. The third kappa shape index (κ3) is 7.92. The molecular formula is C30H31F2NO7. The van der Waals surface area contributed by atoms with Gasteiger partial charge in [-0.1, -0.05) is 31.2 Å². The van der Waals surface area contributed by atoms with Crippen molar-refractivity contribution in [3.63, 3.8) is 0 Å². The van der Waals surface area contributed by atoms with E-state index >= 15 is 0 Å². The fraction of sp³-hybridized carbons (Fsp3) is 0.333. The molecule has 0 bridgehead atoms. The number of aromatic nitrogens is 1. The maximum absolute atomic E-state index is 13.6. The molecule has 1 heterocycles. The van der Waals surface area contributed by atoms with Crippen molar-refractivity contribution in [2.24, 2.45) is 5.92 Å². The zero-order valence-corrected chi connectivity index (χ0v) is 22.7. The second kappa shape index (κ2) is 14.3. The van der Waals surface area contributed by atoms with Crippen molar-refractivity contribution < 1.29 is 42.1 Å². The summed E-state index contributed by atoms with van der Waals surface area (Å²) in [6, 6.07) is 12.9. The number of Topliss-reactive ketones (excluding diaryl/α,β-unsaturated/α-hetero) is 1. The fourth-order valence-corrected chi connectivity index (χ4v) is 4.14. The Balaban J connectivity index is 1.76. The van der Waals surface area contributed by atoms with Crippen LogP contribution in [-0.4, -0.2) is 49.6 Å². The number of methoxy groups -OCH3 is 2. The lowest BCUT2D eigenvalue weighted by molar-refractivity contribution is -0.153. The average Bonchev–Trinajstić information content (AvgIpc) is 2.94. The van der Waals surface area contributed by atoms with Crippen LogP contribution in [0.15, 0.2) is 60.8 Å². The molecule has 2 atom stereocenters. The van der Waals surface area contributed by atoms with Crippen LogP contribution in [0.25, 0.3) is 0 Å². The van der Waals surface area contributed by atoms with Gasteiger partial charge in [0, 0.05) is 31.7 Å². The van der Waals surface area contributed by atoms with Crippen molar-refractivity contribution in [1.82, 2.24) is 4.98 Å². The van der Waals surface area contributed by atoms with Crippen molar-refractivity contribution in [2.45, 2.75) is 38.7 Å². The number of ether oxygens (including phenoxy) is 4. The van der Waals surface area contributed by atoms with E-state index in [-0.39, 0.29) is 36.6 Å². The van der Waals surface area contributed by atoms with E-state index in [1.54, 1.807) is 31.2 Å². The molecule has 0 radical (unpaired) electrons. The van der Waals surface area contributed by atoms with Crippen LogP contribution in [0.2, 0.25) is 0 Å². The Morgan fingerprint density at radius 3 is 1.98 bits per heavy atom. The van der Waals surface area contributed by atoms with Gasteiger partial charge >= 0.3 is 11.9 Å². The second-order valence-electron chi connectivity index (χ2n) is 9.16. The number of nitrogens with zero attached hydrogens (tertiary/aromatic N) is 1. The number of esters is 2. The number of hydrogen-bond donors (Lipinski definition) is 0. The van der Waals surface area contributed by atoms with E-state index in [4.69, 9.17) is 18.9 Å². The summed E-state index contributed by atoms with van der Waals surface area (Å²) in [5.41, 5.74) is 1.17. The first-order valence-electron chi connectivity index (χ1n) is 12.6. The highest BCUT2D eigenvalue weighted by molar-refractivity contribution is 6.00. The molecule has 40 heavy (non-hydrogen) atoms. The van der Waals surface area contributed by atoms with E-state index in [9.17, 15) is 23.2 Å². The van der Waals surface area contributed by atoms with Crippen LogP contribution in [-0.2, 0) is 19.1 Å². The van der Waals surface area contributed by atoms with E-state index in [0.717, 1.165) is 0 Å². The summed E-state index contributed by atoms with van der Waals surface area (Å²) < 4.78 is 48.3. The van der Waals surface area contributed by atoms with Gasteiger partial charge in [-0.15, -0.1) is 0 Å². The molecule has 1 aromatic heterocycles. The van der Waals surface area contributed by atoms with Gasteiger partial charge in [0.1, 0.15) is 17.7 Å². The maximum Gasteiger partial charge on any atom is 0.313 e. The first kappa shape index (κ1) is 30.4. The zero-order valence-electron chi connectivity index (χ0n) is 22.7. The van der Waals surface area contributed by atoms with Gasteiger partial charge in [0.05, 0.1) is 26.1 Å². The van der Waals surface area contributed by atoms with E-state index in [2.05, 4.69) is 4.98 Å². The van der Waals surface area contributed by atoms with Gasteiger partial charge in [-0.05, 0) is 42.3 Å². The minimum atomic E-state index is -0.887. The van der Waals surface area contributed by atoms with Crippen LogP contribution in [0.1, 0.15) is 54.2 Å². The van der Waals surface area contributed by atoms with Crippen LogP contribution < -0.4 is 9.47 Å². The van der Waals surface area contributed by atoms with Gasteiger partial charge < -0.3 is 18.9 Å². The molecule has 0 amide bonds. The molecule has 0 saturated heterocycles. The van der Waals surface area contributed by atoms with E-state index < -0.39 is 47.3 Å². The van der Waals surface area contributed by atoms with Crippen molar-refractivity contribution in [1.29, 1.82) is 0 Å². The lowest BCUT2D eigenvalue weighted by Gasteiger charge is -2.26. The highest BCUT2D eigenvalue weighted by Gasteiger charge is 2.30. The molecule has 10 heteroatoms. The van der Waals surface area contributed by atoms with Gasteiger partial charge in [-0.25, -0.2) is 13.8 Å². The Morgan fingerprint density at radius 1 is 0.875 bits per heavy atom. The predicted molar refractivity (Wildman–Crippen MR) is 141 cm³/mol. The monoisotopic (exact) mass is 555 g/mol. The Morgan fingerprint density at radius 2 is 1.45 bits per heavy atom. The van der Waals surface area contributed by atoms with Crippen molar-refractivity contribution in [2.75, 3.05) is 20.8 Å². The van der Waals surface area contributed by atoms with Crippen molar-refractivity contribution in [3.05, 3.63) is 89.2 Å². The minimum absolute atomic E-state index is 0.0495. The number of benzene rings is 2. The highest BCUT2D eigenvalue weighted by atomic mass is 19.1. The number of carbonyl (C=O) groups excluding carboxylic acids is 3. The Hall–Kier alpha value is -4.18. The number of ketones is 1. The predicted octanol–water partition coefficient (Wildman–Crippen LogP) is 5.28. The third-order valence-corrected chi connectivity index (χ3v) is 6.20. The average molecular weight is 556 g/mol. The molecule has 0 N–H and O–H groups in total. The molecule has 0 aliphatic carbocycles. The quantitative estimate of drug-likeness (QED) is 0.207. The maximum atomic E-state index is 13.6. The Kier molecular flexibility index (Phi) is 10.8. The number of rotatable bonds is 13. The molecule has 2 aromatic carbocycles. The van der Waals surface area contributed by atoms with E-state index in [1.165, 1.54) is 57.7 Å². The van der Waals surface area contributed by atoms with Gasteiger partial charge in [0.15, 0.2) is 17.2 Å². The largest absolute Gasteiger partial charge is 0.493 e. The molecule has 0 spiro atoms. The molecule has 0 fully saturated rings. The number of hydrogen-bond acceptors (Lipinski definition) is 8. The topological polar surface area (TPSA) is 101 Å². The number of carbonyl (C=O) groups is 3. The molecule has 0 unspecified atom stereocenters. The summed E-state index contributed by atoms with van der Waals surface area (Å²) >= 11 is 0. The number of pyridine rings is 1. The zero-order chi connectivity index (χ0) is 29.2. The van der Waals surface area contributed by atoms with Crippen LogP contribution in [0.3, 0.4) is 0 Å². The van der Waals surface area contributed by atoms with Crippen LogP contribution in [0.5, 0.6) is 11.5 Å². The molecule has 3 rings (SSSR count). The van der Waals surface area contributed by atoms with E-state index in [1.807, 2.05) is 0 Å². The SMILES string of the molecule is COCCC(=O)Oc1c(OC)ccnc1C(=O)C[C@@H](C)C(=O)O[C@@H](C)C(c1ccc(F)cc1)c1ccc(F)cc1. The minimum Gasteiger partial charge on any atom is -0.493 e. The van der Waals surface area contributed by atoms with Crippen LogP contribution in [0, 0.1) is 17.6 Å². The molecule has 3 aromatic rings. The lowest BCUT2D eigenvalue weighted by Crippen LogP contribution is -2.28. The summed E-state index contributed by atoms with van der Waals surface area (Å²) in [4.78, 5) is 42.5. The summed E-state index contributed by atoms with van der Waals surface area (Å²) in [5.74, 6) is -4.12. The fourth-order valence-electron chi connectivity index (χ4n) is 4.14. The molecule has 0 aliphatic heterocycles. The summed E-state index contributed by atoms with van der Waals surface area (Å²) in [5, 5.41) is 0. The smallest absolute Gasteiger partial charge is 0.313 e. The van der Waals surface area contributed by atoms with Gasteiger partial charge in [-0.2, -0.15) is 0 Å². The normalized spacial score (nSPS) is 12.5. The summed E-state index contributed by atoms with van der Waals surface area (Å²) in [7, 11) is 2.80. The summed E-state index contributed by atoms with van der Waals surface area (Å²) in [6.45, 7) is 3.33. The lowest BCUT2D eigenvalue weighted by atomic mass is 9.87. The molecule has 0 saturated carbocycles. The van der Waals surface area contributed by atoms with Crippen molar-refractivity contribution >= 4 is 17.7 Å². The first-order valence-corrected chi connectivity index (χ1v) is 12.6. The molecule has 0 aliphatic rings. The van der Waals surface area contributed by atoms with Gasteiger partial charge in [0.2, 0.25) is 5.75 Å². The molecular weight excluding hydrogens is 524 g/mol. The first-order chi connectivity index (χ1) is 19.1. The van der Waals surface area contributed by atoms with Crippen molar-refractivity contribution in [3.8, 4) is 11.5 Å². The molecule has 8 nitrogen and oxygen atoms in total. The Bertz CT molecular complexity index is 1270.